The molecule has 1 N–H and O–H groups in total. The normalized spacial score (nSPS) is 16.6. The summed E-state index contributed by atoms with van der Waals surface area (Å²) in [5.41, 5.74) is 3.49. The Morgan fingerprint density at radius 3 is 2.65 bits per heavy atom. The molecule has 0 bridgehead atoms. The van der Waals surface area contributed by atoms with Crippen LogP contribution in [0.15, 0.2) is 54.6 Å². The molecule has 20 heavy (non-hydrogen) atoms. The van der Waals surface area contributed by atoms with Crippen molar-refractivity contribution < 1.29 is 9.84 Å². The summed E-state index contributed by atoms with van der Waals surface area (Å²) in [5, 5.41) is 9.02. The first-order chi connectivity index (χ1) is 9.85. The van der Waals surface area contributed by atoms with E-state index in [0.29, 0.717) is 6.42 Å². The fraction of sp³-hybridized carbons (Fsp3) is 0.222. The van der Waals surface area contributed by atoms with Crippen LogP contribution in [0, 0.1) is 0 Å². The largest absolute Gasteiger partial charge is 0.485 e. The molecule has 1 atom stereocenters. The van der Waals surface area contributed by atoms with Crippen LogP contribution in [-0.4, -0.2) is 17.8 Å². The lowest BCUT2D eigenvalue weighted by Gasteiger charge is -2.22. The number of fused-ring (bicyclic) bond motifs is 1. The zero-order valence-corrected chi connectivity index (χ0v) is 11.3. The molecule has 3 rings (SSSR count). The topological polar surface area (TPSA) is 29.5 Å². The maximum atomic E-state index is 9.02. The number of benzene rings is 2. The third-order valence-corrected chi connectivity index (χ3v) is 3.53. The average Bonchev–Trinajstić information content (AvgIpc) is 2.48. The van der Waals surface area contributed by atoms with Crippen molar-refractivity contribution >= 4 is 6.08 Å². The Hall–Kier alpha value is -2.06. The van der Waals surface area contributed by atoms with Gasteiger partial charge in [0, 0.05) is 18.6 Å². The van der Waals surface area contributed by atoms with Crippen LogP contribution in [0.5, 0.6) is 5.75 Å². The summed E-state index contributed by atoms with van der Waals surface area (Å²) in [5.74, 6) is 0.916. The molecule has 0 spiro atoms. The SMILES string of the molecule is OCCc1ccc2c(c1)OC(Cc1ccccc1)C=C2. The van der Waals surface area contributed by atoms with Crippen LogP contribution < -0.4 is 4.74 Å². The molecule has 102 valence electrons. The van der Waals surface area contributed by atoms with Gasteiger partial charge in [-0.1, -0.05) is 48.5 Å². The van der Waals surface area contributed by atoms with Gasteiger partial charge in [-0.2, -0.15) is 0 Å². The molecule has 0 saturated carbocycles. The number of aliphatic hydroxyl groups excluding tert-OH is 1. The van der Waals surface area contributed by atoms with Gasteiger partial charge >= 0.3 is 0 Å². The highest BCUT2D eigenvalue weighted by molar-refractivity contribution is 5.60. The summed E-state index contributed by atoms with van der Waals surface area (Å²) in [7, 11) is 0. The lowest BCUT2D eigenvalue weighted by atomic mass is 10.0. The first kappa shape index (κ1) is 12.9. The molecule has 0 aromatic heterocycles. The first-order valence-electron chi connectivity index (χ1n) is 6.98. The van der Waals surface area contributed by atoms with Crippen LogP contribution in [0.1, 0.15) is 16.7 Å². The Morgan fingerprint density at radius 2 is 1.85 bits per heavy atom. The molecule has 0 fully saturated rings. The molecular formula is C18H18O2. The standard InChI is InChI=1S/C18H18O2/c19-11-10-15-6-7-16-8-9-17(20-18(16)13-15)12-14-4-2-1-3-5-14/h1-9,13,17,19H,10-12H2. The molecular weight excluding hydrogens is 248 g/mol. The third-order valence-electron chi connectivity index (χ3n) is 3.53. The van der Waals surface area contributed by atoms with Crippen molar-refractivity contribution in [2.24, 2.45) is 0 Å². The van der Waals surface area contributed by atoms with Gasteiger partial charge in [0.15, 0.2) is 0 Å². The van der Waals surface area contributed by atoms with Gasteiger partial charge in [-0.3, -0.25) is 0 Å². The minimum Gasteiger partial charge on any atom is -0.485 e. The zero-order valence-electron chi connectivity index (χ0n) is 11.3. The summed E-state index contributed by atoms with van der Waals surface area (Å²) in [6.45, 7) is 0.169. The van der Waals surface area contributed by atoms with Gasteiger partial charge in [0.05, 0.1) is 0 Å². The fourth-order valence-corrected chi connectivity index (χ4v) is 2.47. The van der Waals surface area contributed by atoms with E-state index in [2.05, 4.69) is 42.5 Å². The molecule has 2 aromatic carbocycles. The van der Waals surface area contributed by atoms with E-state index >= 15 is 0 Å². The van der Waals surface area contributed by atoms with Gasteiger partial charge in [-0.15, -0.1) is 0 Å². The summed E-state index contributed by atoms with van der Waals surface area (Å²) in [6, 6.07) is 16.5. The molecule has 0 aliphatic carbocycles. The smallest absolute Gasteiger partial charge is 0.127 e. The zero-order chi connectivity index (χ0) is 13.8. The molecule has 1 aliphatic heterocycles. The molecule has 1 unspecified atom stereocenters. The van der Waals surface area contributed by atoms with Crippen LogP contribution in [0.2, 0.25) is 0 Å². The quantitative estimate of drug-likeness (QED) is 0.920. The maximum absolute atomic E-state index is 9.02. The van der Waals surface area contributed by atoms with Crippen LogP contribution in [0.3, 0.4) is 0 Å². The third kappa shape index (κ3) is 2.91. The van der Waals surface area contributed by atoms with Gasteiger partial charge in [0.2, 0.25) is 0 Å². The number of rotatable bonds is 4. The summed E-state index contributed by atoms with van der Waals surface area (Å²) >= 11 is 0. The van der Waals surface area contributed by atoms with Crippen LogP contribution in [0.4, 0.5) is 0 Å². The molecule has 0 amide bonds. The molecule has 0 saturated heterocycles. The Labute approximate surface area is 119 Å². The number of hydrogen-bond acceptors (Lipinski definition) is 2. The van der Waals surface area contributed by atoms with E-state index in [9.17, 15) is 0 Å². The second kappa shape index (κ2) is 5.93. The summed E-state index contributed by atoms with van der Waals surface area (Å²) in [6.07, 6.45) is 5.86. The predicted molar refractivity (Wildman–Crippen MR) is 80.8 cm³/mol. The molecule has 0 radical (unpaired) electrons. The van der Waals surface area contributed by atoms with Gasteiger partial charge < -0.3 is 9.84 Å². The average molecular weight is 266 g/mol. The molecule has 1 aliphatic rings. The van der Waals surface area contributed by atoms with Crippen molar-refractivity contribution in [2.75, 3.05) is 6.61 Å². The van der Waals surface area contributed by atoms with E-state index < -0.39 is 0 Å². The van der Waals surface area contributed by atoms with E-state index in [-0.39, 0.29) is 12.7 Å². The van der Waals surface area contributed by atoms with E-state index in [0.717, 1.165) is 23.3 Å². The Kier molecular flexibility index (Phi) is 3.84. The highest BCUT2D eigenvalue weighted by Gasteiger charge is 2.15. The second-order valence-electron chi connectivity index (χ2n) is 5.05. The minimum atomic E-state index is 0.0780. The molecule has 2 heteroatoms. The highest BCUT2D eigenvalue weighted by atomic mass is 16.5. The van der Waals surface area contributed by atoms with Gasteiger partial charge in [0.25, 0.3) is 0 Å². The van der Waals surface area contributed by atoms with Gasteiger partial charge in [0.1, 0.15) is 11.9 Å². The number of hydrogen-bond donors (Lipinski definition) is 1. The summed E-state index contributed by atoms with van der Waals surface area (Å²) in [4.78, 5) is 0. The predicted octanol–water partition coefficient (Wildman–Crippen LogP) is 3.24. The van der Waals surface area contributed by atoms with E-state index in [4.69, 9.17) is 9.84 Å². The minimum absolute atomic E-state index is 0.0780. The maximum Gasteiger partial charge on any atom is 0.127 e. The Balaban J connectivity index is 1.75. The van der Waals surface area contributed by atoms with Gasteiger partial charge in [-0.05, 0) is 29.7 Å². The van der Waals surface area contributed by atoms with Crippen molar-refractivity contribution in [1.29, 1.82) is 0 Å². The van der Waals surface area contributed by atoms with Crippen LogP contribution in [-0.2, 0) is 12.8 Å². The van der Waals surface area contributed by atoms with Crippen LogP contribution in [0.25, 0.3) is 6.08 Å². The number of aliphatic hydroxyl groups is 1. The van der Waals surface area contributed by atoms with Gasteiger partial charge in [-0.25, -0.2) is 0 Å². The first-order valence-corrected chi connectivity index (χ1v) is 6.98. The van der Waals surface area contributed by atoms with Crippen molar-refractivity contribution in [3.05, 3.63) is 71.3 Å². The lowest BCUT2D eigenvalue weighted by Crippen LogP contribution is -2.19. The van der Waals surface area contributed by atoms with Crippen molar-refractivity contribution in [2.45, 2.75) is 18.9 Å². The van der Waals surface area contributed by atoms with Crippen molar-refractivity contribution in [1.82, 2.24) is 0 Å². The van der Waals surface area contributed by atoms with E-state index in [1.165, 1.54) is 5.56 Å². The Morgan fingerprint density at radius 1 is 1.00 bits per heavy atom. The van der Waals surface area contributed by atoms with E-state index in [1.807, 2.05) is 18.2 Å². The second-order valence-corrected chi connectivity index (χ2v) is 5.05. The van der Waals surface area contributed by atoms with E-state index in [1.54, 1.807) is 0 Å². The number of ether oxygens (including phenoxy) is 1. The molecule has 2 aromatic rings. The van der Waals surface area contributed by atoms with Crippen molar-refractivity contribution in [3.63, 3.8) is 0 Å². The fourth-order valence-electron chi connectivity index (χ4n) is 2.47. The monoisotopic (exact) mass is 266 g/mol. The highest BCUT2D eigenvalue weighted by Crippen LogP contribution is 2.28. The molecule has 2 nitrogen and oxygen atoms in total. The Bertz CT molecular complexity index is 602. The summed E-state index contributed by atoms with van der Waals surface area (Å²) < 4.78 is 6.05. The lowest BCUT2D eigenvalue weighted by molar-refractivity contribution is 0.246. The van der Waals surface area contributed by atoms with Crippen molar-refractivity contribution in [3.8, 4) is 5.75 Å². The van der Waals surface area contributed by atoms with Crippen LogP contribution >= 0.6 is 0 Å². The molecule has 1 heterocycles.